The number of hydrogen-bond donors (Lipinski definition) is 1. The van der Waals surface area contributed by atoms with E-state index >= 15 is 0 Å². The minimum absolute atomic E-state index is 0.0276. The fourth-order valence-electron chi connectivity index (χ4n) is 2.79. The van der Waals surface area contributed by atoms with Crippen molar-refractivity contribution in [3.63, 3.8) is 0 Å². The van der Waals surface area contributed by atoms with E-state index in [0.29, 0.717) is 19.5 Å². The van der Waals surface area contributed by atoms with Crippen LogP contribution in [-0.4, -0.2) is 44.2 Å². The molecule has 2 heterocycles. The van der Waals surface area contributed by atoms with Crippen molar-refractivity contribution in [2.45, 2.75) is 13.3 Å². The monoisotopic (exact) mass is 348 g/mol. The third kappa shape index (κ3) is 3.65. The normalized spacial score (nSPS) is 19.3. The summed E-state index contributed by atoms with van der Waals surface area (Å²) in [5.74, 6) is -1.42. The van der Waals surface area contributed by atoms with Gasteiger partial charge in [-0.2, -0.15) is 0 Å². The predicted octanol–water partition coefficient (Wildman–Crippen LogP) is 2.45. The van der Waals surface area contributed by atoms with Gasteiger partial charge in [0.1, 0.15) is 0 Å². The van der Waals surface area contributed by atoms with Crippen LogP contribution in [0.2, 0.25) is 0 Å². The molecule has 1 N–H and O–H groups in total. The summed E-state index contributed by atoms with van der Waals surface area (Å²) >= 11 is 0. The van der Waals surface area contributed by atoms with Gasteiger partial charge in [-0.15, -0.1) is 0 Å². The molecule has 0 saturated carbocycles. The lowest BCUT2D eigenvalue weighted by atomic mass is 9.91. The van der Waals surface area contributed by atoms with Crippen molar-refractivity contribution >= 4 is 18.1 Å². The van der Waals surface area contributed by atoms with Crippen LogP contribution in [0.25, 0.3) is 6.08 Å². The standard InChI is InChI=1S/C16H18F2N6O/c1-10-9-24(16(25)19-15-20-21-22-23(15)2)7-6-11(10)8-12-4-3-5-13(17)14(12)18/h3-5,8,10H,6-7,9H2,1-2H3,(H,19,20,22,25)/b11-8+. The first-order chi connectivity index (χ1) is 12.0. The second kappa shape index (κ2) is 6.96. The van der Waals surface area contributed by atoms with Crippen molar-refractivity contribution in [2.24, 2.45) is 13.0 Å². The van der Waals surface area contributed by atoms with Crippen LogP contribution in [0.1, 0.15) is 18.9 Å². The molecule has 1 aliphatic heterocycles. The lowest BCUT2D eigenvalue weighted by molar-refractivity contribution is 0.197. The molecule has 1 fully saturated rings. The van der Waals surface area contributed by atoms with E-state index in [0.717, 1.165) is 11.6 Å². The molecule has 9 heteroatoms. The van der Waals surface area contributed by atoms with E-state index in [-0.39, 0.29) is 23.5 Å². The van der Waals surface area contributed by atoms with Crippen LogP contribution < -0.4 is 5.32 Å². The summed E-state index contributed by atoms with van der Waals surface area (Å²) in [4.78, 5) is 14.0. The number of carbonyl (C=O) groups excluding carboxylic acids is 1. The average Bonchev–Trinajstić information content (AvgIpc) is 2.98. The van der Waals surface area contributed by atoms with E-state index in [4.69, 9.17) is 0 Å². The fourth-order valence-corrected chi connectivity index (χ4v) is 2.79. The molecule has 7 nitrogen and oxygen atoms in total. The maximum Gasteiger partial charge on any atom is 0.324 e. The Kier molecular flexibility index (Phi) is 4.73. The first kappa shape index (κ1) is 17.0. The minimum atomic E-state index is -0.865. The molecule has 0 aliphatic carbocycles. The maximum absolute atomic E-state index is 13.8. The van der Waals surface area contributed by atoms with Crippen LogP contribution in [0.3, 0.4) is 0 Å². The number of aryl methyl sites for hydroxylation is 1. The van der Waals surface area contributed by atoms with Gasteiger partial charge in [0.15, 0.2) is 11.6 Å². The number of nitrogens with one attached hydrogen (secondary N) is 1. The zero-order chi connectivity index (χ0) is 18.0. The number of amides is 2. The van der Waals surface area contributed by atoms with Gasteiger partial charge in [0.25, 0.3) is 5.95 Å². The van der Waals surface area contributed by atoms with Crippen LogP contribution >= 0.6 is 0 Å². The van der Waals surface area contributed by atoms with Crippen LogP contribution in [-0.2, 0) is 7.05 Å². The molecule has 0 radical (unpaired) electrons. The molecule has 1 aliphatic rings. The van der Waals surface area contributed by atoms with E-state index < -0.39 is 11.6 Å². The van der Waals surface area contributed by atoms with Gasteiger partial charge in [-0.05, 0) is 28.8 Å². The fraction of sp³-hybridized carbons (Fsp3) is 0.375. The van der Waals surface area contributed by atoms with Gasteiger partial charge in [0.2, 0.25) is 0 Å². The minimum Gasteiger partial charge on any atom is -0.324 e. The summed E-state index contributed by atoms with van der Waals surface area (Å²) in [7, 11) is 1.63. The Bertz CT molecular complexity index is 819. The third-order valence-electron chi connectivity index (χ3n) is 4.25. The molecule has 0 spiro atoms. The second-order valence-corrected chi connectivity index (χ2v) is 6.02. The molecule has 0 bridgehead atoms. The molecule has 132 valence electrons. The number of hydrogen-bond acceptors (Lipinski definition) is 4. The smallest absolute Gasteiger partial charge is 0.324 e. The zero-order valence-corrected chi connectivity index (χ0v) is 13.9. The Balaban J connectivity index is 1.68. The molecule has 1 saturated heterocycles. The average molecular weight is 348 g/mol. The number of piperidine rings is 1. The van der Waals surface area contributed by atoms with Gasteiger partial charge in [-0.1, -0.05) is 35.8 Å². The summed E-state index contributed by atoms with van der Waals surface area (Å²) in [5, 5.41) is 13.5. The maximum atomic E-state index is 13.8. The number of anilines is 1. The summed E-state index contributed by atoms with van der Waals surface area (Å²) in [5.41, 5.74) is 1.21. The molecular formula is C16H18F2N6O. The van der Waals surface area contributed by atoms with Crippen molar-refractivity contribution in [3.8, 4) is 0 Å². The Morgan fingerprint density at radius 3 is 2.88 bits per heavy atom. The molecule has 25 heavy (non-hydrogen) atoms. The highest BCUT2D eigenvalue weighted by Crippen LogP contribution is 2.26. The van der Waals surface area contributed by atoms with Crippen molar-refractivity contribution in [1.29, 1.82) is 0 Å². The predicted molar refractivity (Wildman–Crippen MR) is 87.5 cm³/mol. The molecule has 2 amide bonds. The number of tetrazole rings is 1. The van der Waals surface area contributed by atoms with Gasteiger partial charge < -0.3 is 4.90 Å². The first-order valence-corrected chi connectivity index (χ1v) is 7.88. The van der Waals surface area contributed by atoms with Crippen LogP contribution in [0.5, 0.6) is 0 Å². The quantitative estimate of drug-likeness (QED) is 0.904. The third-order valence-corrected chi connectivity index (χ3v) is 4.25. The van der Waals surface area contributed by atoms with Crippen molar-refractivity contribution in [2.75, 3.05) is 18.4 Å². The van der Waals surface area contributed by atoms with Crippen LogP contribution in [0.15, 0.2) is 23.8 Å². The number of benzene rings is 1. The summed E-state index contributed by atoms with van der Waals surface area (Å²) in [6.45, 7) is 2.90. The number of halogens is 2. The van der Waals surface area contributed by atoms with E-state index in [1.165, 1.54) is 16.8 Å². The molecule has 1 atom stereocenters. The molecule has 1 aromatic heterocycles. The van der Waals surface area contributed by atoms with Crippen molar-refractivity contribution in [3.05, 3.63) is 41.0 Å². The SMILES string of the molecule is CC1CN(C(=O)Nc2nnnn2C)CC/C1=C\c1cccc(F)c1F. The summed E-state index contributed by atoms with van der Waals surface area (Å²) in [6, 6.07) is 3.82. The van der Waals surface area contributed by atoms with Gasteiger partial charge in [0, 0.05) is 25.7 Å². The highest BCUT2D eigenvalue weighted by Gasteiger charge is 2.25. The Hall–Kier alpha value is -2.84. The summed E-state index contributed by atoms with van der Waals surface area (Å²) in [6.07, 6.45) is 2.26. The second-order valence-electron chi connectivity index (χ2n) is 6.02. The Labute approximate surface area is 143 Å². The highest BCUT2D eigenvalue weighted by atomic mass is 19.2. The van der Waals surface area contributed by atoms with Crippen LogP contribution in [0.4, 0.5) is 19.5 Å². The first-order valence-electron chi connectivity index (χ1n) is 7.88. The van der Waals surface area contributed by atoms with E-state index in [1.807, 2.05) is 6.92 Å². The summed E-state index contributed by atoms with van der Waals surface area (Å²) < 4.78 is 28.5. The van der Waals surface area contributed by atoms with Crippen molar-refractivity contribution < 1.29 is 13.6 Å². The topological polar surface area (TPSA) is 75.9 Å². The number of nitrogens with zero attached hydrogens (tertiary/aromatic N) is 5. The number of rotatable bonds is 2. The highest BCUT2D eigenvalue weighted by molar-refractivity contribution is 5.87. The van der Waals surface area contributed by atoms with Gasteiger partial charge in [-0.3, -0.25) is 5.32 Å². The lowest BCUT2D eigenvalue weighted by Crippen LogP contribution is -2.42. The molecule has 1 unspecified atom stereocenters. The van der Waals surface area contributed by atoms with Crippen molar-refractivity contribution in [1.82, 2.24) is 25.1 Å². The zero-order valence-electron chi connectivity index (χ0n) is 13.9. The molecule has 3 rings (SSSR count). The largest absolute Gasteiger partial charge is 0.324 e. The van der Waals surface area contributed by atoms with E-state index in [9.17, 15) is 13.6 Å². The number of aromatic nitrogens is 4. The van der Waals surface area contributed by atoms with Crippen LogP contribution in [0, 0.1) is 17.6 Å². The number of urea groups is 1. The lowest BCUT2D eigenvalue weighted by Gasteiger charge is -2.33. The Morgan fingerprint density at radius 2 is 2.20 bits per heavy atom. The number of carbonyl (C=O) groups is 1. The number of likely N-dealkylation sites (tertiary alicyclic amines) is 1. The van der Waals surface area contributed by atoms with Gasteiger partial charge in [0.05, 0.1) is 0 Å². The van der Waals surface area contributed by atoms with Gasteiger partial charge in [-0.25, -0.2) is 18.3 Å². The van der Waals surface area contributed by atoms with Gasteiger partial charge >= 0.3 is 6.03 Å². The van der Waals surface area contributed by atoms with E-state index in [1.54, 1.807) is 18.0 Å². The van der Waals surface area contributed by atoms with E-state index in [2.05, 4.69) is 20.8 Å². The Morgan fingerprint density at radius 1 is 1.40 bits per heavy atom. The molecule has 1 aromatic carbocycles. The molecular weight excluding hydrogens is 330 g/mol. The molecule has 2 aromatic rings.